The Morgan fingerprint density at radius 1 is 1.14 bits per heavy atom. The lowest BCUT2D eigenvalue weighted by Gasteiger charge is -2.22. The van der Waals surface area contributed by atoms with Crippen molar-refractivity contribution in [2.75, 3.05) is 5.32 Å². The number of amides is 1. The quantitative estimate of drug-likeness (QED) is 0.559. The minimum absolute atomic E-state index is 0.0481. The Morgan fingerprint density at radius 2 is 1.97 bits per heavy atom. The van der Waals surface area contributed by atoms with Crippen molar-refractivity contribution in [3.8, 4) is 0 Å². The molecule has 2 aromatic heterocycles. The van der Waals surface area contributed by atoms with E-state index < -0.39 is 6.04 Å². The number of nitrogens with zero attached hydrogens (tertiary/aromatic N) is 3. The van der Waals surface area contributed by atoms with Gasteiger partial charge in [-0.05, 0) is 49.3 Å². The molecule has 1 aromatic carbocycles. The van der Waals surface area contributed by atoms with Crippen LogP contribution in [0.5, 0.6) is 0 Å². The molecular weight excluding hydrogens is 364 g/mol. The number of para-hydroxylation sites is 1. The van der Waals surface area contributed by atoms with Gasteiger partial charge in [-0.25, -0.2) is 9.97 Å². The van der Waals surface area contributed by atoms with E-state index in [9.17, 15) is 4.79 Å². The Bertz CT molecular complexity index is 991. The molecule has 1 amide bonds. The smallest absolute Gasteiger partial charge is 0.243 e. The van der Waals surface area contributed by atoms with Gasteiger partial charge in [0.2, 0.25) is 5.91 Å². The fourth-order valence-electron chi connectivity index (χ4n) is 3.96. The number of benzene rings is 1. The van der Waals surface area contributed by atoms with Crippen molar-refractivity contribution < 1.29 is 4.79 Å². The summed E-state index contributed by atoms with van der Waals surface area (Å²) < 4.78 is 0. The zero-order chi connectivity index (χ0) is 20.2. The Hall–Kier alpha value is -2.96. The van der Waals surface area contributed by atoms with Gasteiger partial charge in [-0.15, -0.1) is 0 Å². The molecule has 0 spiro atoms. The van der Waals surface area contributed by atoms with Gasteiger partial charge >= 0.3 is 0 Å². The van der Waals surface area contributed by atoms with Crippen LogP contribution in [0.2, 0.25) is 0 Å². The van der Waals surface area contributed by atoms with Gasteiger partial charge in [-0.2, -0.15) is 5.10 Å². The van der Waals surface area contributed by atoms with Crippen molar-refractivity contribution in [2.45, 2.75) is 58.5 Å². The first-order valence-electron chi connectivity index (χ1n) is 10.4. The standard InChI is InChI=1S/C22H28N6O/c1-14(2)20(26-21-16-9-6-7-10-17(16)24-13-25-21)22(29)23-12-19-15-8-4-3-5-11-18(15)27-28-19/h6-7,9-10,13-14,20H,3-5,8,11-12H2,1-2H3,(H,23,29)(H,27,28)(H,24,25,26)/t20-/m1/s1. The number of carbonyl (C=O) groups is 1. The van der Waals surface area contributed by atoms with Crippen molar-refractivity contribution in [3.05, 3.63) is 47.5 Å². The number of aryl methyl sites for hydroxylation is 1. The van der Waals surface area contributed by atoms with Gasteiger partial charge < -0.3 is 10.6 Å². The fraction of sp³-hybridized carbons (Fsp3) is 0.455. The van der Waals surface area contributed by atoms with Crippen molar-refractivity contribution in [1.82, 2.24) is 25.5 Å². The second kappa shape index (κ2) is 8.59. The van der Waals surface area contributed by atoms with Crippen molar-refractivity contribution in [1.29, 1.82) is 0 Å². The molecule has 3 N–H and O–H groups in total. The van der Waals surface area contributed by atoms with Gasteiger partial charge in [0.15, 0.2) is 0 Å². The largest absolute Gasteiger partial charge is 0.358 e. The van der Waals surface area contributed by atoms with Gasteiger partial charge in [0.1, 0.15) is 18.2 Å². The number of anilines is 1. The second-order valence-electron chi connectivity index (χ2n) is 8.01. The van der Waals surface area contributed by atoms with E-state index in [4.69, 9.17) is 0 Å². The fourth-order valence-corrected chi connectivity index (χ4v) is 3.96. The summed E-state index contributed by atoms with van der Waals surface area (Å²) in [7, 11) is 0. The molecule has 0 fully saturated rings. The molecule has 0 unspecified atom stereocenters. The third kappa shape index (κ3) is 4.23. The average Bonchev–Trinajstić information content (AvgIpc) is 2.96. The summed E-state index contributed by atoms with van der Waals surface area (Å²) >= 11 is 0. The van der Waals surface area contributed by atoms with Gasteiger partial charge in [0.25, 0.3) is 0 Å². The van der Waals surface area contributed by atoms with Crippen LogP contribution in [0.15, 0.2) is 30.6 Å². The Morgan fingerprint density at radius 3 is 2.83 bits per heavy atom. The average molecular weight is 393 g/mol. The maximum absolute atomic E-state index is 13.0. The number of H-pyrrole nitrogens is 1. The first-order chi connectivity index (χ1) is 14.1. The van der Waals surface area contributed by atoms with Crippen LogP contribution in [-0.2, 0) is 24.2 Å². The van der Waals surface area contributed by atoms with Crippen molar-refractivity contribution in [3.63, 3.8) is 0 Å². The van der Waals surface area contributed by atoms with Crippen LogP contribution in [0, 0.1) is 5.92 Å². The lowest BCUT2D eigenvalue weighted by atomic mass is 10.0. The zero-order valence-corrected chi connectivity index (χ0v) is 17.0. The van der Waals surface area contributed by atoms with E-state index in [-0.39, 0.29) is 11.8 Å². The van der Waals surface area contributed by atoms with Gasteiger partial charge in [0.05, 0.1) is 17.8 Å². The number of fused-ring (bicyclic) bond motifs is 2. The SMILES string of the molecule is CC(C)[C@@H](Nc1ncnc2ccccc12)C(=O)NCc1n[nH]c2c1CCCCC2. The van der Waals surface area contributed by atoms with Crippen LogP contribution in [-0.4, -0.2) is 32.1 Å². The molecule has 1 atom stereocenters. The van der Waals surface area contributed by atoms with Crippen molar-refractivity contribution in [2.24, 2.45) is 5.92 Å². The Labute approximate surface area is 170 Å². The van der Waals surface area contributed by atoms with Crippen LogP contribution in [0.25, 0.3) is 10.9 Å². The summed E-state index contributed by atoms with van der Waals surface area (Å²) in [6.45, 7) is 4.50. The summed E-state index contributed by atoms with van der Waals surface area (Å²) in [5.74, 6) is 0.728. The first kappa shape index (κ1) is 19.4. The second-order valence-corrected chi connectivity index (χ2v) is 8.01. The third-order valence-electron chi connectivity index (χ3n) is 5.61. The molecule has 0 bridgehead atoms. The number of carbonyl (C=O) groups excluding carboxylic acids is 1. The Kier molecular flexibility index (Phi) is 5.74. The summed E-state index contributed by atoms with van der Waals surface area (Å²) in [6, 6.07) is 7.40. The molecule has 3 aromatic rings. The van der Waals surface area contributed by atoms with E-state index in [0.717, 1.165) is 29.4 Å². The van der Waals surface area contributed by atoms with Gasteiger partial charge in [0, 0.05) is 11.1 Å². The normalized spacial score (nSPS) is 15.0. The number of hydrogen-bond donors (Lipinski definition) is 3. The van der Waals surface area contributed by atoms with E-state index in [0.29, 0.717) is 12.4 Å². The topological polar surface area (TPSA) is 95.6 Å². The maximum atomic E-state index is 13.0. The van der Waals surface area contributed by atoms with Crippen LogP contribution < -0.4 is 10.6 Å². The van der Waals surface area contributed by atoms with E-state index in [1.165, 1.54) is 36.8 Å². The number of aromatic nitrogens is 4. The predicted octanol–water partition coefficient (Wildman–Crippen LogP) is 3.37. The first-order valence-corrected chi connectivity index (χ1v) is 10.4. The molecule has 0 saturated heterocycles. The zero-order valence-electron chi connectivity index (χ0n) is 17.0. The maximum Gasteiger partial charge on any atom is 0.243 e. The molecule has 0 radical (unpaired) electrons. The highest BCUT2D eigenvalue weighted by Gasteiger charge is 2.24. The molecule has 2 heterocycles. The number of rotatable bonds is 6. The van der Waals surface area contributed by atoms with Gasteiger partial charge in [-0.1, -0.05) is 32.4 Å². The highest BCUT2D eigenvalue weighted by Crippen LogP contribution is 2.23. The van der Waals surface area contributed by atoms with Crippen molar-refractivity contribution >= 4 is 22.6 Å². The van der Waals surface area contributed by atoms with Crippen LogP contribution >= 0.6 is 0 Å². The number of aromatic amines is 1. The Balaban J connectivity index is 1.48. The van der Waals surface area contributed by atoms with Crippen LogP contribution in [0.3, 0.4) is 0 Å². The highest BCUT2D eigenvalue weighted by atomic mass is 16.2. The lowest BCUT2D eigenvalue weighted by Crippen LogP contribution is -2.43. The summed E-state index contributed by atoms with van der Waals surface area (Å²) in [6.07, 6.45) is 7.25. The monoisotopic (exact) mass is 392 g/mol. The lowest BCUT2D eigenvalue weighted by molar-refractivity contribution is -0.122. The van der Waals surface area contributed by atoms with E-state index in [2.05, 4.69) is 30.8 Å². The molecule has 0 saturated carbocycles. The molecular formula is C22H28N6O. The third-order valence-corrected chi connectivity index (χ3v) is 5.61. The molecule has 4 rings (SSSR count). The molecule has 29 heavy (non-hydrogen) atoms. The van der Waals surface area contributed by atoms with Crippen LogP contribution in [0.4, 0.5) is 5.82 Å². The summed E-state index contributed by atoms with van der Waals surface area (Å²) in [4.78, 5) is 21.7. The molecule has 7 heteroatoms. The minimum Gasteiger partial charge on any atom is -0.358 e. The molecule has 1 aliphatic carbocycles. The van der Waals surface area contributed by atoms with E-state index in [1.807, 2.05) is 38.1 Å². The van der Waals surface area contributed by atoms with Gasteiger partial charge in [-0.3, -0.25) is 9.89 Å². The minimum atomic E-state index is -0.397. The molecule has 0 aliphatic heterocycles. The highest BCUT2D eigenvalue weighted by molar-refractivity contribution is 5.92. The van der Waals surface area contributed by atoms with Crippen LogP contribution in [0.1, 0.15) is 50.1 Å². The summed E-state index contributed by atoms with van der Waals surface area (Å²) in [5, 5.41) is 14.9. The van der Waals surface area contributed by atoms with E-state index >= 15 is 0 Å². The predicted molar refractivity (Wildman–Crippen MR) is 113 cm³/mol. The molecule has 1 aliphatic rings. The summed E-state index contributed by atoms with van der Waals surface area (Å²) in [5.41, 5.74) is 4.34. The number of nitrogens with one attached hydrogen (secondary N) is 3. The molecule has 152 valence electrons. The van der Waals surface area contributed by atoms with E-state index in [1.54, 1.807) is 0 Å². The molecule has 7 nitrogen and oxygen atoms in total. The number of hydrogen-bond acceptors (Lipinski definition) is 5.